The molecule has 1 nitrogen and oxygen atoms in total. The number of nitrogens with zero attached hydrogens (tertiary/aromatic N) is 1. The van der Waals surface area contributed by atoms with Crippen molar-refractivity contribution >= 4 is 25.2 Å². The van der Waals surface area contributed by atoms with Crippen LogP contribution in [0.25, 0.3) is 0 Å². The molecule has 0 amide bonds. The largest absolute Gasteiger partial charge is 0.256 e. The molecule has 0 spiro atoms. The lowest BCUT2D eigenvalue weighted by molar-refractivity contribution is 0.412. The van der Waals surface area contributed by atoms with Gasteiger partial charge >= 0.3 is 0 Å². The second kappa shape index (κ2) is 8.84. The Morgan fingerprint density at radius 3 is 2.15 bits per heavy atom. The quantitative estimate of drug-likeness (QED) is 0.409. The molecule has 1 fully saturated rings. The fraction of sp³-hybridized carbons (Fsp3) is 0.400. The summed E-state index contributed by atoms with van der Waals surface area (Å²) in [5, 5.41) is 1.50. The minimum absolute atomic E-state index is 0.669. The molecule has 2 aromatic rings. The van der Waals surface area contributed by atoms with E-state index in [9.17, 15) is 0 Å². The first kappa shape index (κ1) is 19.8. The van der Waals surface area contributed by atoms with E-state index in [2.05, 4.69) is 87.4 Å². The molecule has 1 saturated carbocycles. The van der Waals surface area contributed by atoms with Crippen molar-refractivity contribution in [2.45, 2.75) is 59.0 Å². The molecule has 27 heavy (non-hydrogen) atoms. The van der Waals surface area contributed by atoms with E-state index < -0.39 is 8.07 Å². The predicted octanol–water partition coefficient (Wildman–Crippen LogP) is 6.67. The van der Waals surface area contributed by atoms with Crippen LogP contribution < -0.4 is 5.19 Å². The molecular formula is C25H33NSi. The van der Waals surface area contributed by atoms with Gasteiger partial charge in [0, 0.05) is 6.21 Å². The maximum absolute atomic E-state index is 4.99. The third-order valence-corrected chi connectivity index (χ3v) is 8.78. The second-order valence-electron chi connectivity index (χ2n) is 8.57. The first-order chi connectivity index (χ1) is 13.0. The standard InChI is InChI=1S/C25H33NSi/c1-20-12-11-13-21(2)25(20)26-18-23(22-14-7-5-8-15-22)19-27(3,4)24-16-9-6-10-17-24/h6,9-13,16-19,22H,5,7-8,14-15H2,1-4H3/b23-19-,26-18?. The summed E-state index contributed by atoms with van der Waals surface area (Å²) in [4.78, 5) is 4.99. The van der Waals surface area contributed by atoms with Crippen LogP contribution in [0.5, 0.6) is 0 Å². The molecule has 0 radical (unpaired) electrons. The van der Waals surface area contributed by atoms with E-state index in [1.807, 2.05) is 0 Å². The van der Waals surface area contributed by atoms with Gasteiger partial charge in [-0.15, -0.1) is 0 Å². The fourth-order valence-electron chi connectivity index (χ4n) is 4.21. The van der Waals surface area contributed by atoms with Gasteiger partial charge < -0.3 is 0 Å². The molecule has 0 N–H and O–H groups in total. The third kappa shape index (κ3) is 5.07. The molecule has 0 heterocycles. The van der Waals surface area contributed by atoms with E-state index >= 15 is 0 Å². The minimum atomic E-state index is -1.65. The van der Waals surface area contributed by atoms with Crippen LogP contribution in [0.3, 0.4) is 0 Å². The van der Waals surface area contributed by atoms with Crippen molar-refractivity contribution in [3.63, 3.8) is 0 Å². The number of para-hydroxylation sites is 1. The Labute approximate surface area is 166 Å². The summed E-state index contributed by atoms with van der Waals surface area (Å²) in [5.74, 6) is 0.669. The zero-order chi connectivity index (χ0) is 19.3. The average molecular weight is 376 g/mol. The van der Waals surface area contributed by atoms with Crippen LogP contribution in [0.15, 0.2) is 64.8 Å². The van der Waals surface area contributed by atoms with Gasteiger partial charge in [0.25, 0.3) is 0 Å². The second-order valence-corrected chi connectivity index (χ2v) is 12.9. The molecule has 142 valence electrons. The summed E-state index contributed by atoms with van der Waals surface area (Å²) < 4.78 is 0. The Bertz CT molecular complexity index is 791. The van der Waals surface area contributed by atoms with Crippen molar-refractivity contribution in [2.75, 3.05) is 0 Å². The van der Waals surface area contributed by atoms with Crippen LogP contribution in [0.1, 0.15) is 43.2 Å². The van der Waals surface area contributed by atoms with Crippen molar-refractivity contribution in [3.05, 3.63) is 70.9 Å². The topological polar surface area (TPSA) is 12.4 Å². The van der Waals surface area contributed by atoms with Crippen molar-refractivity contribution in [1.29, 1.82) is 0 Å². The first-order valence-electron chi connectivity index (χ1n) is 10.4. The Morgan fingerprint density at radius 1 is 0.889 bits per heavy atom. The SMILES string of the molecule is Cc1cccc(C)c1N=C/C(=C/[Si](C)(C)c1ccccc1)C1CCCCC1. The number of allylic oxidation sites excluding steroid dienone is 1. The Hall–Kier alpha value is -1.93. The summed E-state index contributed by atoms with van der Waals surface area (Å²) >= 11 is 0. The zero-order valence-electron chi connectivity index (χ0n) is 17.3. The van der Waals surface area contributed by atoms with E-state index in [0.29, 0.717) is 5.92 Å². The molecule has 0 atom stereocenters. The summed E-state index contributed by atoms with van der Waals surface area (Å²) in [5.41, 5.74) is 7.73. The maximum atomic E-state index is 4.99. The summed E-state index contributed by atoms with van der Waals surface area (Å²) in [7, 11) is -1.65. The predicted molar refractivity (Wildman–Crippen MR) is 122 cm³/mol. The van der Waals surface area contributed by atoms with Gasteiger partial charge in [0.05, 0.1) is 5.69 Å². The summed E-state index contributed by atoms with van der Waals surface area (Å²) in [6, 6.07) is 17.5. The van der Waals surface area contributed by atoms with Gasteiger partial charge in [-0.25, -0.2) is 0 Å². The zero-order valence-corrected chi connectivity index (χ0v) is 18.3. The van der Waals surface area contributed by atoms with Crippen LogP contribution in [-0.4, -0.2) is 14.3 Å². The van der Waals surface area contributed by atoms with Gasteiger partial charge in [-0.2, -0.15) is 0 Å². The minimum Gasteiger partial charge on any atom is -0.256 e. The number of aliphatic imine (C=N–C) groups is 1. The van der Waals surface area contributed by atoms with Gasteiger partial charge in [-0.1, -0.05) is 91.8 Å². The number of benzene rings is 2. The van der Waals surface area contributed by atoms with Gasteiger partial charge in [-0.3, -0.25) is 4.99 Å². The van der Waals surface area contributed by atoms with Crippen molar-refractivity contribution in [2.24, 2.45) is 10.9 Å². The van der Waals surface area contributed by atoms with Gasteiger partial charge in [0.15, 0.2) is 0 Å². The van der Waals surface area contributed by atoms with Crippen LogP contribution in [0.4, 0.5) is 5.69 Å². The molecule has 1 aliphatic rings. The van der Waals surface area contributed by atoms with Crippen molar-refractivity contribution < 1.29 is 0 Å². The monoisotopic (exact) mass is 375 g/mol. The first-order valence-corrected chi connectivity index (χ1v) is 13.4. The van der Waals surface area contributed by atoms with Crippen molar-refractivity contribution in [1.82, 2.24) is 0 Å². The Morgan fingerprint density at radius 2 is 1.52 bits per heavy atom. The normalized spacial score (nSPS) is 16.8. The summed E-state index contributed by atoms with van der Waals surface area (Å²) in [6.45, 7) is 9.23. The summed E-state index contributed by atoms with van der Waals surface area (Å²) in [6.07, 6.45) is 8.91. The highest BCUT2D eigenvalue weighted by molar-refractivity contribution is 6.94. The number of aryl methyl sites for hydroxylation is 2. The highest BCUT2D eigenvalue weighted by Gasteiger charge is 2.24. The average Bonchev–Trinajstić information content (AvgIpc) is 2.68. The van der Waals surface area contributed by atoms with E-state index in [0.717, 1.165) is 5.69 Å². The smallest absolute Gasteiger partial charge is 0.104 e. The van der Waals surface area contributed by atoms with E-state index in [4.69, 9.17) is 4.99 Å². The molecule has 0 saturated heterocycles. The van der Waals surface area contributed by atoms with E-state index in [1.165, 1.54) is 54.0 Å². The lowest BCUT2D eigenvalue weighted by Crippen LogP contribution is -2.40. The molecule has 0 unspecified atom stereocenters. The van der Waals surface area contributed by atoms with E-state index in [1.54, 1.807) is 0 Å². The van der Waals surface area contributed by atoms with Gasteiger partial charge in [-0.05, 0) is 49.3 Å². The van der Waals surface area contributed by atoms with Gasteiger partial charge in [0.2, 0.25) is 0 Å². The number of rotatable bonds is 5. The van der Waals surface area contributed by atoms with Crippen LogP contribution in [-0.2, 0) is 0 Å². The highest BCUT2D eigenvalue weighted by Crippen LogP contribution is 2.31. The molecule has 2 heteroatoms. The van der Waals surface area contributed by atoms with Crippen LogP contribution in [0, 0.1) is 19.8 Å². The van der Waals surface area contributed by atoms with E-state index in [-0.39, 0.29) is 0 Å². The number of hydrogen-bond donors (Lipinski definition) is 0. The molecule has 0 aliphatic heterocycles. The maximum Gasteiger partial charge on any atom is 0.104 e. The molecule has 0 aromatic heterocycles. The number of hydrogen-bond acceptors (Lipinski definition) is 1. The molecular weight excluding hydrogens is 342 g/mol. The Kier molecular flexibility index (Phi) is 6.49. The van der Waals surface area contributed by atoms with Crippen LogP contribution >= 0.6 is 0 Å². The third-order valence-electron chi connectivity index (χ3n) is 5.90. The lowest BCUT2D eigenvalue weighted by Gasteiger charge is -2.26. The van der Waals surface area contributed by atoms with Crippen molar-refractivity contribution in [3.8, 4) is 0 Å². The highest BCUT2D eigenvalue weighted by atomic mass is 28.3. The molecule has 1 aliphatic carbocycles. The Balaban J connectivity index is 1.97. The van der Waals surface area contributed by atoms with Gasteiger partial charge in [0.1, 0.15) is 8.07 Å². The lowest BCUT2D eigenvalue weighted by atomic mass is 9.85. The van der Waals surface area contributed by atoms with Crippen LogP contribution in [0.2, 0.25) is 13.1 Å². The fourth-order valence-corrected chi connectivity index (χ4v) is 6.57. The molecule has 3 rings (SSSR count). The molecule has 0 bridgehead atoms. The molecule has 2 aromatic carbocycles.